The summed E-state index contributed by atoms with van der Waals surface area (Å²) in [7, 11) is 1.66. The average molecular weight is 388 g/mol. The second kappa shape index (κ2) is 9.80. The molecule has 0 amide bonds. The van der Waals surface area contributed by atoms with Crippen LogP contribution in [0.25, 0.3) is 11.3 Å². The van der Waals surface area contributed by atoms with Gasteiger partial charge in [0.1, 0.15) is 17.3 Å². The third kappa shape index (κ3) is 5.61. The number of hydrogen-bond donors (Lipinski definition) is 2. The molecule has 2 N–H and O–H groups in total. The first-order chi connectivity index (χ1) is 12.7. The summed E-state index contributed by atoms with van der Waals surface area (Å²) >= 11 is 0. The third-order valence-electron chi connectivity index (χ3n) is 4.13. The van der Waals surface area contributed by atoms with Crippen LogP contribution in [0, 0.1) is 0 Å². The Morgan fingerprint density at radius 2 is 1.74 bits per heavy atom. The van der Waals surface area contributed by atoms with E-state index in [1.807, 2.05) is 24.3 Å². The van der Waals surface area contributed by atoms with E-state index in [-0.39, 0.29) is 18.0 Å². The fourth-order valence-corrected chi connectivity index (χ4v) is 2.64. The highest BCUT2D eigenvalue weighted by molar-refractivity contribution is 5.88. The van der Waals surface area contributed by atoms with Crippen LogP contribution in [0.15, 0.2) is 65.1 Å². The van der Waals surface area contributed by atoms with E-state index in [4.69, 9.17) is 14.3 Å². The second-order valence-electron chi connectivity index (χ2n) is 5.92. The van der Waals surface area contributed by atoms with Gasteiger partial charge in [-0.05, 0) is 54.9 Å². The van der Waals surface area contributed by atoms with Gasteiger partial charge in [-0.3, -0.25) is 0 Å². The molecule has 0 radical (unpaired) electrons. The Morgan fingerprint density at radius 1 is 1.04 bits per heavy atom. The van der Waals surface area contributed by atoms with Crippen molar-refractivity contribution in [1.82, 2.24) is 5.32 Å². The number of carboxylic acids is 1. The van der Waals surface area contributed by atoms with Gasteiger partial charge in [0.05, 0.1) is 19.2 Å². The van der Waals surface area contributed by atoms with Crippen molar-refractivity contribution >= 4 is 18.4 Å². The van der Waals surface area contributed by atoms with E-state index in [1.54, 1.807) is 31.4 Å². The van der Waals surface area contributed by atoms with Crippen molar-refractivity contribution in [2.75, 3.05) is 13.7 Å². The van der Waals surface area contributed by atoms with Gasteiger partial charge in [0.2, 0.25) is 0 Å². The molecule has 0 saturated carbocycles. The molecule has 2 aromatic carbocycles. The highest BCUT2D eigenvalue weighted by Gasteiger charge is 2.07. The summed E-state index contributed by atoms with van der Waals surface area (Å²) in [5.41, 5.74) is 2.37. The lowest BCUT2D eigenvalue weighted by atomic mass is 10.1. The zero-order valence-electron chi connectivity index (χ0n) is 15.0. The molecule has 0 spiro atoms. The lowest BCUT2D eigenvalue weighted by Crippen LogP contribution is -2.16. The Labute approximate surface area is 164 Å². The molecule has 27 heavy (non-hydrogen) atoms. The Morgan fingerprint density at radius 3 is 2.37 bits per heavy atom. The van der Waals surface area contributed by atoms with Crippen LogP contribution in [-0.2, 0) is 13.0 Å². The molecule has 1 aromatic heterocycles. The molecule has 142 valence electrons. The number of rotatable bonds is 8. The minimum absolute atomic E-state index is 0. The normalized spacial score (nSPS) is 10.3. The van der Waals surface area contributed by atoms with Crippen LogP contribution in [0.5, 0.6) is 5.75 Å². The van der Waals surface area contributed by atoms with Gasteiger partial charge in [0, 0.05) is 5.56 Å². The van der Waals surface area contributed by atoms with Crippen LogP contribution < -0.4 is 10.1 Å². The topological polar surface area (TPSA) is 71.7 Å². The second-order valence-corrected chi connectivity index (χ2v) is 5.92. The molecule has 0 aliphatic rings. The van der Waals surface area contributed by atoms with E-state index in [0.717, 1.165) is 35.8 Å². The molecule has 1 heterocycles. The number of nitrogens with one attached hydrogen (secondary N) is 1. The Hall–Kier alpha value is -2.76. The Balaban J connectivity index is 0.00000261. The van der Waals surface area contributed by atoms with E-state index in [1.165, 1.54) is 5.56 Å². The highest BCUT2D eigenvalue weighted by Crippen LogP contribution is 2.22. The van der Waals surface area contributed by atoms with Gasteiger partial charge < -0.3 is 19.6 Å². The van der Waals surface area contributed by atoms with E-state index in [0.29, 0.717) is 6.54 Å². The maximum absolute atomic E-state index is 10.9. The van der Waals surface area contributed by atoms with Crippen LogP contribution in [0.2, 0.25) is 0 Å². The van der Waals surface area contributed by atoms with Gasteiger partial charge >= 0.3 is 5.97 Å². The zero-order valence-corrected chi connectivity index (χ0v) is 15.8. The predicted molar refractivity (Wildman–Crippen MR) is 107 cm³/mol. The van der Waals surface area contributed by atoms with Crippen molar-refractivity contribution in [2.24, 2.45) is 0 Å². The van der Waals surface area contributed by atoms with Crippen molar-refractivity contribution in [3.05, 3.63) is 77.6 Å². The monoisotopic (exact) mass is 387 g/mol. The van der Waals surface area contributed by atoms with Crippen molar-refractivity contribution < 1.29 is 19.1 Å². The molecule has 0 fully saturated rings. The molecular formula is C21H22ClNO4. The summed E-state index contributed by atoms with van der Waals surface area (Å²) in [6, 6.07) is 18.5. The molecule has 0 aliphatic carbocycles. The van der Waals surface area contributed by atoms with E-state index in [9.17, 15) is 4.79 Å². The van der Waals surface area contributed by atoms with Crippen LogP contribution >= 0.6 is 12.4 Å². The molecule has 0 aliphatic heterocycles. The number of carboxylic acid groups (broad SMARTS) is 1. The van der Waals surface area contributed by atoms with Crippen LogP contribution in [0.4, 0.5) is 0 Å². The molecular weight excluding hydrogens is 366 g/mol. The lowest BCUT2D eigenvalue weighted by molar-refractivity contribution is 0.0697. The molecule has 0 atom stereocenters. The number of halogens is 1. The van der Waals surface area contributed by atoms with E-state index < -0.39 is 5.97 Å². The third-order valence-corrected chi connectivity index (χ3v) is 4.13. The number of hydrogen-bond acceptors (Lipinski definition) is 4. The van der Waals surface area contributed by atoms with Crippen molar-refractivity contribution in [1.29, 1.82) is 0 Å². The first-order valence-corrected chi connectivity index (χ1v) is 8.42. The number of ether oxygens (including phenoxy) is 1. The number of benzene rings is 2. The highest BCUT2D eigenvalue weighted by atomic mass is 35.5. The van der Waals surface area contributed by atoms with E-state index >= 15 is 0 Å². The summed E-state index contributed by atoms with van der Waals surface area (Å²) in [5, 5.41) is 12.3. The smallest absolute Gasteiger partial charge is 0.335 e. The van der Waals surface area contributed by atoms with Gasteiger partial charge in [0.25, 0.3) is 0 Å². The minimum atomic E-state index is -0.933. The summed E-state index contributed by atoms with van der Waals surface area (Å²) in [4.78, 5) is 10.9. The fourth-order valence-electron chi connectivity index (χ4n) is 2.64. The summed E-state index contributed by atoms with van der Waals surface area (Å²) < 4.78 is 11.0. The van der Waals surface area contributed by atoms with Crippen LogP contribution in [0.3, 0.4) is 0 Å². The summed E-state index contributed by atoms with van der Waals surface area (Å²) in [6.45, 7) is 1.49. The fraction of sp³-hybridized carbons (Fsp3) is 0.190. The molecule has 6 heteroatoms. The predicted octanol–water partition coefficient (Wildman–Crippen LogP) is 4.41. The summed E-state index contributed by atoms with van der Waals surface area (Å²) in [6.07, 6.45) is 0.925. The van der Waals surface area contributed by atoms with Crippen molar-refractivity contribution in [3.63, 3.8) is 0 Å². The van der Waals surface area contributed by atoms with E-state index in [2.05, 4.69) is 17.4 Å². The Kier molecular flexibility index (Phi) is 7.46. The van der Waals surface area contributed by atoms with Gasteiger partial charge in [-0.25, -0.2) is 4.79 Å². The average Bonchev–Trinajstić information content (AvgIpc) is 3.15. The zero-order chi connectivity index (χ0) is 18.4. The number of aromatic carboxylic acids is 1. The molecule has 0 unspecified atom stereocenters. The number of furan rings is 1. The standard InChI is InChI=1S/C21H21NO4.ClH/c1-25-18-8-2-15(3-9-18)12-13-22-14-19-10-11-20(26-19)16-4-6-17(7-5-16)21(23)24;/h2-11,22H,12-14H2,1H3,(H,23,24);1H. The maximum atomic E-state index is 10.9. The number of carbonyl (C=O) groups is 1. The first-order valence-electron chi connectivity index (χ1n) is 8.42. The number of methoxy groups -OCH3 is 1. The lowest BCUT2D eigenvalue weighted by Gasteiger charge is -2.05. The van der Waals surface area contributed by atoms with Gasteiger partial charge in [-0.2, -0.15) is 0 Å². The van der Waals surface area contributed by atoms with Gasteiger partial charge in [-0.15, -0.1) is 12.4 Å². The van der Waals surface area contributed by atoms with Crippen molar-refractivity contribution in [2.45, 2.75) is 13.0 Å². The molecule has 3 rings (SSSR count). The SMILES string of the molecule is COc1ccc(CCNCc2ccc(-c3ccc(C(=O)O)cc3)o2)cc1.Cl. The largest absolute Gasteiger partial charge is 0.497 e. The van der Waals surface area contributed by atoms with Crippen LogP contribution in [-0.4, -0.2) is 24.7 Å². The Bertz CT molecular complexity index is 857. The first kappa shape index (κ1) is 20.6. The summed E-state index contributed by atoms with van der Waals surface area (Å²) in [5.74, 6) is 1.50. The van der Waals surface area contributed by atoms with Gasteiger partial charge in [-0.1, -0.05) is 24.3 Å². The maximum Gasteiger partial charge on any atom is 0.335 e. The quantitative estimate of drug-likeness (QED) is 0.560. The van der Waals surface area contributed by atoms with Crippen molar-refractivity contribution in [3.8, 4) is 17.1 Å². The molecule has 0 saturated heterocycles. The minimum Gasteiger partial charge on any atom is -0.497 e. The molecule has 0 bridgehead atoms. The van der Waals surface area contributed by atoms with Gasteiger partial charge in [0.15, 0.2) is 0 Å². The molecule has 3 aromatic rings. The molecule has 5 nitrogen and oxygen atoms in total. The van der Waals surface area contributed by atoms with Crippen LogP contribution in [0.1, 0.15) is 21.7 Å².